The molecule has 1 heterocycles. The Labute approximate surface area is 218 Å². The Morgan fingerprint density at radius 2 is 1.81 bits per heavy atom. The van der Waals surface area contributed by atoms with Gasteiger partial charge in [-0.25, -0.2) is 9.59 Å². The van der Waals surface area contributed by atoms with Crippen molar-refractivity contribution < 1.29 is 28.9 Å². The first-order valence-corrected chi connectivity index (χ1v) is 13.3. The van der Waals surface area contributed by atoms with Gasteiger partial charge in [0.1, 0.15) is 22.6 Å². The quantitative estimate of drug-likeness (QED) is 0.358. The molecular formula is C31H36O6. The van der Waals surface area contributed by atoms with E-state index in [-0.39, 0.29) is 28.9 Å². The average Bonchev–Trinajstić information content (AvgIpc) is 2.84. The van der Waals surface area contributed by atoms with E-state index in [0.717, 1.165) is 18.4 Å². The van der Waals surface area contributed by atoms with Crippen LogP contribution in [-0.4, -0.2) is 29.4 Å². The summed E-state index contributed by atoms with van der Waals surface area (Å²) < 4.78 is 17.2. The minimum atomic E-state index is -1.20. The van der Waals surface area contributed by atoms with Crippen molar-refractivity contribution >= 4 is 11.9 Å². The Balaban J connectivity index is 1.66. The maximum atomic E-state index is 13.4. The van der Waals surface area contributed by atoms with E-state index in [1.165, 1.54) is 5.57 Å². The molecule has 1 fully saturated rings. The molecule has 37 heavy (non-hydrogen) atoms. The zero-order valence-electron chi connectivity index (χ0n) is 22.3. The number of aromatic hydroxyl groups is 1. The van der Waals surface area contributed by atoms with Crippen molar-refractivity contribution in [3.8, 4) is 11.5 Å². The number of cyclic esters (lactones) is 1. The Morgan fingerprint density at radius 1 is 1.08 bits per heavy atom. The van der Waals surface area contributed by atoms with Gasteiger partial charge in [0.05, 0.1) is 6.61 Å². The Morgan fingerprint density at radius 3 is 2.46 bits per heavy atom. The molecule has 1 N–H and O–H groups in total. The van der Waals surface area contributed by atoms with E-state index >= 15 is 0 Å². The van der Waals surface area contributed by atoms with Gasteiger partial charge in [0.2, 0.25) is 5.79 Å². The number of phenols is 1. The number of fused-ring (bicyclic) bond motifs is 2. The molecule has 4 aliphatic rings. The number of carbonyl (C=O) groups is 2. The molecule has 1 aliphatic heterocycles. The van der Waals surface area contributed by atoms with Crippen molar-refractivity contribution in [1.82, 2.24) is 0 Å². The summed E-state index contributed by atoms with van der Waals surface area (Å²) in [4.78, 5) is 26.7. The van der Waals surface area contributed by atoms with Gasteiger partial charge in [-0.15, -0.1) is 0 Å². The molecular weight excluding hydrogens is 468 g/mol. The third kappa shape index (κ3) is 4.41. The molecule has 0 saturated heterocycles. The monoisotopic (exact) mass is 504 g/mol. The summed E-state index contributed by atoms with van der Waals surface area (Å²) in [6, 6.07) is 9.82. The minimum absolute atomic E-state index is 0.0361. The van der Waals surface area contributed by atoms with Crippen LogP contribution in [-0.2, 0) is 28.7 Å². The molecule has 2 aromatic carbocycles. The predicted molar refractivity (Wildman–Crippen MR) is 140 cm³/mol. The highest BCUT2D eigenvalue weighted by Gasteiger charge is 2.51. The van der Waals surface area contributed by atoms with Crippen LogP contribution in [0.3, 0.4) is 0 Å². The lowest BCUT2D eigenvalue weighted by atomic mass is 9.48. The van der Waals surface area contributed by atoms with Gasteiger partial charge in [-0.3, -0.25) is 0 Å². The molecule has 2 atom stereocenters. The fourth-order valence-electron chi connectivity index (χ4n) is 6.32. The molecule has 0 aromatic heterocycles. The van der Waals surface area contributed by atoms with E-state index in [1.807, 2.05) is 30.3 Å². The molecule has 1 saturated carbocycles. The normalized spacial score (nSPS) is 22.6. The first-order valence-electron chi connectivity index (χ1n) is 13.3. The Hall–Kier alpha value is -3.28. The number of benzene rings is 2. The molecule has 196 valence electrons. The van der Waals surface area contributed by atoms with Crippen LogP contribution >= 0.6 is 0 Å². The van der Waals surface area contributed by atoms with Crippen molar-refractivity contribution in [2.75, 3.05) is 6.61 Å². The molecule has 3 aliphatic carbocycles. The fraction of sp³-hybridized carbons (Fsp3) is 0.484. The van der Waals surface area contributed by atoms with Gasteiger partial charge in [0, 0.05) is 25.8 Å². The van der Waals surface area contributed by atoms with Gasteiger partial charge in [0.25, 0.3) is 0 Å². The van der Waals surface area contributed by atoms with Gasteiger partial charge in [0.15, 0.2) is 0 Å². The largest absolute Gasteiger partial charge is 0.507 e. The van der Waals surface area contributed by atoms with E-state index in [2.05, 4.69) is 19.9 Å². The number of carbonyl (C=O) groups excluding carboxylic acids is 2. The van der Waals surface area contributed by atoms with Crippen LogP contribution in [0, 0.1) is 17.3 Å². The molecule has 0 amide bonds. The van der Waals surface area contributed by atoms with Crippen molar-refractivity contribution in [2.24, 2.45) is 17.3 Å². The summed E-state index contributed by atoms with van der Waals surface area (Å²) in [7, 11) is 0. The third-order valence-corrected chi connectivity index (χ3v) is 8.47. The highest BCUT2D eigenvalue weighted by molar-refractivity contribution is 6.03. The van der Waals surface area contributed by atoms with E-state index in [9.17, 15) is 14.7 Å². The summed E-state index contributed by atoms with van der Waals surface area (Å²) in [5, 5.41) is 11.7. The second kappa shape index (κ2) is 9.23. The summed E-state index contributed by atoms with van der Waals surface area (Å²) >= 11 is 0. The number of hydrogen-bond acceptors (Lipinski definition) is 6. The summed E-state index contributed by atoms with van der Waals surface area (Å²) in [5.74, 6) is -1.18. The molecule has 0 spiro atoms. The van der Waals surface area contributed by atoms with Gasteiger partial charge < -0.3 is 19.3 Å². The van der Waals surface area contributed by atoms with E-state index in [0.29, 0.717) is 48.0 Å². The number of hydrogen-bond donors (Lipinski definition) is 1. The SMILES string of the molecule is CCOC(=O)c1c(O)c(CC2=CC[C@H]3C[C@@H]2C3(C)C)c2c(c1CCc1ccccc1)C(=O)OC(C)(C)O2. The third-order valence-electron chi connectivity index (χ3n) is 8.47. The summed E-state index contributed by atoms with van der Waals surface area (Å²) in [5.41, 5.74) is 3.58. The molecule has 6 nitrogen and oxygen atoms in total. The highest BCUT2D eigenvalue weighted by atomic mass is 16.7. The molecule has 0 radical (unpaired) electrons. The second-order valence-corrected chi connectivity index (χ2v) is 11.5. The molecule has 6 rings (SSSR count). The fourth-order valence-corrected chi connectivity index (χ4v) is 6.32. The zero-order valence-corrected chi connectivity index (χ0v) is 22.3. The molecule has 2 aromatic rings. The summed E-state index contributed by atoms with van der Waals surface area (Å²) in [6.45, 7) is 9.82. The lowest BCUT2D eigenvalue weighted by Crippen LogP contribution is -2.48. The van der Waals surface area contributed by atoms with Crippen LogP contribution in [0.5, 0.6) is 11.5 Å². The topological polar surface area (TPSA) is 82.1 Å². The van der Waals surface area contributed by atoms with Crippen LogP contribution in [0.25, 0.3) is 0 Å². The average molecular weight is 505 g/mol. The van der Waals surface area contributed by atoms with Crippen LogP contribution in [0.4, 0.5) is 0 Å². The number of phenolic OH excluding ortho intramolecular Hbond substituents is 1. The van der Waals surface area contributed by atoms with E-state index < -0.39 is 17.7 Å². The van der Waals surface area contributed by atoms with Gasteiger partial charge in [-0.05, 0) is 61.0 Å². The van der Waals surface area contributed by atoms with Crippen LogP contribution < -0.4 is 4.74 Å². The van der Waals surface area contributed by atoms with Crippen molar-refractivity contribution in [3.05, 3.63) is 69.8 Å². The van der Waals surface area contributed by atoms with E-state index in [4.69, 9.17) is 14.2 Å². The number of allylic oxidation sites excluding steroid dienone is 2. The van der Waals surface area contributed by atoms with Crippen molar-refractivity contribution in [3.63, 3.8) is 0 Å². The number of rotatable bonds is 7. The number of esters is 2. The smallest absolute Gasteiger partial charge is 0.345 e. The predicted octanol–water partition coefficient (Wildman–Crippen LogP) is 6.17. The maximum absolute atomic E-state index is 13.4. The van der Waals surface area contributed by atoms with Crippen molar-refractivity contribution in [1.29, 1.82) is 0 Å². The summed E-state index contributed by atoms with van der Waals surface area (Å²) in [6.07, 6.45) is 5.69. The lowest BCUT2D eigenvalue weighted by Gasteiger charge is -2.56. The van der Waals surface area contributed by atoms with Gasteiger partial charge >= 0.3 is 11.9 Å². The van der Waals surface area contributed by atoms with Gasteiger partial charge in [-0.1, -0.05) is 55.8 Å². The Bertz CT molecular complexity index is 1270. The zero-order chi connectivity index (χ0) is 26.5. The van der Waals surface area contributed by atoms with Crippen molar-refractivity contribution in [2.45, 2.75) is 72.5 Å². The Kier molecular flexibility index (Phi) is 6.33. The van der Waals surface area contributed by atoms with Crippen LogP contribution in [0.1, 0.15) is 84.9 Å². The second-order valence-electron chi connectivity index (χ2n) is 11.5. The van der Waals surface area contributed by atoms with E-state index in [1.54, 1.807) is 20.8 Å². The first kappa shape index (κ1) is 25.4. The lowest BCUT2D eigenvalue weighted by molar-refractivity contribution is -0.128. The van der Waals surface area contributed by atoms with Crippen LogP contribution in [0.15, 0.2) is 42.0 Å². The maximum Gasteiger partial charge on any atom is 0.345 e. The number of aryl methyl sites for hydroxylation is 1. The number of ether oxygens (including phenoxy) is 3. The van der Waals surface area contributed by atoms with Gasteiger partial charge in [-0.2, -0.15) is 0 Å². The molecule has 2 bridgehead atoms. The minimum Gasteiger partial charge on any atom is -0.507 e. The highest BCUT2D eigenvalue weighted by Crippen LogP contribution is 2.60. The van der Waals surface area contributed by atoms with Crippen LogP contribution in [0.2, 0.25) is 0 Å². The molecule has 0 unspecified atom stereocenters. The standard InChI is InChI=1S/C31H36O6/c1-6-35-28(33)24-21(15-12-18-10-8-7-9-11-18)25-27(36-31(4,5)37-29(25)34)22(26(24)32)16-19-13-14-20-17-23(19)30(20,2)3/h7-11,13,20,23,32H,6,12,14-17H2,1-5H3/t20-,23-/m0/s1. The molecule has 6 heteroatoms. The first-order chi connectivity index (χ1) is 17.5.